The summed E-state index contributed by atoms with van der Waals surface area (Å²) in [4.78, 5) is 23.5. The molecule has 0 spiro atoms. The van der Waals surface area contributed by atoms with Gasteiger partial charge in [-0.15, -0.1) is 0 Å². The van der Waals surface area contributed by atoms with Crippen LogP contribution in [0.2, 0.25) is 0 Å². The smallest absolute Gasteiger partial charge is 0.326 e. The summed E-state index contributed by atoms with van der Waals surface area (Å²) in [5.41, 5.74) is 6.01. The minimum Gasteiger partial charge on any atom is -0.497 e. The number of ether oxygens (including phenoxy) is 2. The van der Waals surface area contributed by atoms with Crippen LogP contribution in [-0.4, -0.2) is 33.9 Å². The normalized spacial score (nSPS) is 11.2. The van der Waals surface area contributed by atoms with E-state index < -0.39 is 0 Å². The molecule has 0 bridgehead atoms. The molecule has 0 aliphatic rings. The average Bonchev–Trinajstić information content (AvgIpc) is 3.49. The van der Waals surface area contributed by atoms with Crippen molar-refractivity contribution in [2.75, 3.05) is 19.1 Å². The van der Waals surface area contributed by atoms with Crippen LogP contribution in [0.4, 0.5) is 5.82 Å². The van der Waals surface area contributed by atoms with Crippen LogP contribution in [0.3, 0.4) is 0 Å². The van der Waals surface area contributed by atoms with Gasteiger partial charge in [-0.1, -0.05) is 29.4 Å². The van der Waals surface area contributed by atoms with Gasteiger partial charge in [0.05, 0.1) is 32.0 Å². The van der Waals surface area contributed by atoms with E-state index >= 15 is 0 Å². The fourth-order valence-electron chi connectivity index (χ4n) is 4.63. The highest BCUT2D eigenvalue weighted by Crippen LogP contribution is 2.30. The quantitative estimate of drug-likeness (QED) is 0.299. The maximum Gasteiger partial charge on any atom is 0.326 e. The zero-order valence-corrected chi connectivity index (χ0v) is 22.2. The van der Waals surface area contributed by atoms with Gasteiger partial charge in [-0.05, 0) is 61.7 Å². The van der Waals surface area contributed by atoms with Crippen LogP contribution < -0.4 is 20.1 Å². The molecule has 3 aromatic heterocycles. The van der Waals surface area contributed by atoms with Gasteiger partial charge >= 0.3 is 5.69 Å². The molecule has 5 aromatic rings. The molecule has 0 unspecified atom stereocenters. The van der Waals surface area contributed by atoms with Gasteiger partial charge in [0.15, 0.2) is 11.6 Å². The number of nitrogens with zero attached hydrogens (tertiary/aromatic N) is 4. The van der Waals surface area contributed by atoms with Gasteiger partial charge in [-0.3, -0.25) is 4.57 Å². The summed E-state index contributed by atoms with van der Waals surface area (Å²) in [6.07, 6.45) is 0. The molecule has 0 aliphatic carbocycles. The number of aromatic nitrogens is 4. The van der Waals surface area contributed by atoms with Gasteiger partial charge in [-0.25, -0.2) is 9.78 Å². The molecular formula is C29H31N5O4. The number of rotatable bonds is 9. The Labute approximate surface area is 220 Å². The number of benzene rings is 2. The van der Waals surface area contributed by atoms with E-state index in [1.54, 1.807) is 18.8 Å². The molecule has 0 saturated carbocycles. The average molecular weight is 514 g/mol. The van der Waals surface area contributed by atoms with Gasteiger partial charge in [0.1, 0.15) is 17.0 Å². The Balaban J connectivity index is 1.62. The van der Waals surface area contributed by atoms with Crippen LogP contribution >= 0.6 is 0 Å². The van der Waals surface area contributed by atoms with Gasteiger partial charge < -0.3 is 23.9 Å². The van der Waals surface area contributed by atoms with Crippen LogP contribution in [0, 0.1) is 20.8 Å². The molecule has 5 rings (SSSR count). The first kappa shape index (κ1) is 25.1. The maximum atomic E-state index is 13.2. The van der Waals surface area contributed by atoms with E-state index in [2.05, 4.69) is 15.0 Å². The third kappa shape index (κ3) is 5.00. The fourth-order valence-corrected chi connectivity index (χ4v) is 4.63. The minimum atomic E-state index is -0.223. The number of nitrogens with one attached hydrogen (secondary N) is 1. The Morgan fingerprint density at radius 3 is 2.00 bits per heavy atom. The van der Waals surface area contributed by atoms with Crippen molar-refractivity contribution in [2.45, 2.75) is 40.4 Å². The molecule has 0 atom stereocenters. The molecule has 38 heavy (non-hydrogen) atoms. The number of anilines is 1. The standard InChI is InChI=1S/C29H31N5O4/c1-18-14-25(38-32-18)17-34-27-19(2)20(3)30-28(26(27)31-29(34)35)33(15-21-6-10-23(36-4)11-7-21)16-22-8-12-24(37-5)13-9-22/h6-14H,15-17H2,1-5H3,(H,31,35). The van der Waals surface area contributed by atoms with Crippen molar-refractivity contribution in [1.29, 1.82) is 0 Å². The van der Waals surface area contributed by atoms with Gasteiger partial charge in [-0.2, -0.15) is 0 Å². The van der Waals surface area contributed by atoms with Crippen LogP contribution in [0.5, 0.6) is 11.5 Å². The first-order valence-corrected chi connectivity index (χ1v) is 12.4. The number of hydrogen-bond donors (Lipinski definition) is 1. The first-order valence-electron chi connectivity index (χ1n) is 12.4. The van der Waals surface area contributed by atoms with Crippen molar-refractivity contribution in [3.63, 3.8) is 0 Å². The third-order valence-electron chi connectivity index (χ3n) is 6.73. The number of methoxy groups -OCH3 is 2. The SMILES string of the molecule is COc1ccc(CN(Cc2ccc(OC)cc2)c2nc(C)c(C)c3c2[nH]c(=O)n3Cc2cc(C)no2)cc1. The number of fused-ring (bicyclic) bond motifs is 1. The van der Waals surface area contributed by atoms with Crippen molar-refractivity contribution in [3.05, 3.63) is 98.9 Å². The monoisotopic (exact) mass is 513 g/mol. The van der Waals surface area contributed by atoms with Crippen LogP contribution in [0.15, 0.2) is 63.9 Å². The lowest BCUT2D eigenvalue weighted by Crippen LogP contribution is -2.24. The molecule has 3 heterocycles. The first-order chi connectivity index (χ1) is 18.4. The Bertz CT molecular complexity index is 1560. The Hall–Kier alpha value is -4.53. The number of H-pyrrole nitrogens is 1. The summed E-state index contributed by atoms with van der Waals surface area (Å²) < 4.78 is 17.8. The third-order valence-corrected chi connectivity index (χ3v) is 6.73. The molecule has 1 N–H and O–H groups in total. The molecule has 0 fully saturated rings. The fraction of sp³-hybridized carbons (Fsp3) is 0.276. The molecular weight excluding hydrogens is 482 g/mol. The molecule has 2 aromatic carbocycles. The van der Waals surface area contributed by atoms with Gasteiger partial charge in [0.25, 0.3) is 0 Å². The van der Waals surface area contributed by atoms with Crippen LogP contribution in [0.1, 0.15) is 33.8 Å². The lowest BCUT2D eigenvalue weighted by molar-refractivity contribution is 0.373. The number of hydrogen-bond acceptors (Lipinski definition) is 7. The van der Waals surface area contributed by atoms with Crippen molar-refractivity contribution in [2.24, 2.45) is 0 Å². The van der Waals surface area contributed by atoms with Crippen LogP contribution in [-0.2, 0) is 19.6 Å². The second-order valence-electron chi connectivity index (χ2n) is 9.37. The second kappa shape index (κ2) is 10.5. The number of imidazole rings is 1. The topological polar surface area (TPSA) is 98.4 Å². The summed E-state index contributed by atoms with van der Waals surface area (Å²) in [5.74, 6) is 2.92. The predicted molar refractivity (Wildman–Crippen MR) is 146 cm³/mol. The number of pyridine rings is 1. The van der Waals surface area contributed by atoms with Crippen LogP contribution in [0.25, 0.3) is 11.0 Å². The highest BCUT2D eigenvalue weighted by Gasteiger charge is 2.22. The summed E-state index contributed by atoms with van der Waals surface area (Å²) in [6, 6.07) is 17.8. The summed E-state index contributed by atoms with van der Waals surface area (Å²) in [7, 11) is 3.31. The molecule has 196 valence electrons. The number of aromatic amines is 1. The molecule has 9 nitrogen and oxygen atoms in total. The zero-order valence-electron chi connectivity index (χ0n) is 22.2. The van der Waals surface area contributed by atoms with E-state index in [1.807, 2.05) is 75.4 Å². The highest BCUT2D eigenvalue weighted by atomic mass is 16.5. The van der Waals surface area contributed by atoms with E-state index in [0.717, 1.165) is 45.1 Å². The largest absolute Gasteiger partial charge is 0.497 e. The van der Waals surface area contributed by atoms with Crippen molar-refractivity contribution in [1.82, 2.24) is 19.7 Å². The summed E-state index contributed by atoms with van der Waals surface area (Å²) in [6.45, 7) is 7.25. The Morgan fingerprint density at radius 1 is 0.921 bits per heavy atom. The van der Waals surface area contributed by atoms with E-state index in [-0.39, 0.29) is 12.2 Å². The van der Waals surface area contributed by atoms with Gasteiger partial charge in [0, 0.05) is 24.8 Å². The van der Waals surface area contributed by atoms with E-state index in [0.29, 0.717) is 30.2 Å². The van der Waals surface area contributed by atoms with Crippen molar-refractivity contribution in [3.8, 4) is 11.5 Å². The van der Waals surface area contributed by atoms with Gasteiger partial charge in [0.2, 0.25) is 0 Å². The van der Waals surface area contributed by atoms with E-state index in [4.69, 9.17) is 19.0 Å². The number of aryl methyl sites for hydroxylation is 3. The second-order valence-corrected chi connectivity index (χ2v) is 9.37. The Kier molecular flexibility index (Phi) is 6.91. The lowest BCUT2D eigenvalue weighted by Gasteiger charge is -2.26. The Morgan fingerprint density at radius 2 is 1.50 bits per heavy atom. The summed E-state index contributed by atoms with van der Waals surface area (Å²) >= 11 is 0. The molecule has 0 radical (unpaired) electrons. The van der Waals surface area contributed by atoms with Crippen molar-refractivity contribution >= 4 is 16.9 Å². The lowest BCUT2D eigenvalue weighted by atomic mass is 10.1. The maximum absolute atomic E-state index is 13.2. The minimum absolute atomic E-state index is 0.223. The van der Waals surface area contributed by atoms with E-state index in [1.165, 1.54) is 0 Å². The van der Waals surface area contributed by atoms with E-state index in [9.17, 15) is 4.79 Å². The van der Waals surface area contributed by atoms with Crippen molar-refractivity contribution < 1.29 is 14.0 Å². The predicted octanol–water partition coefficient (Wildman–Crippen LogP) is 4.91. The molecule has 9 heteroatoms. The highest BCUT2D eigenvalue weighted by molar-refractivity contribution is 5.89. The zero-order chi connectivity index (χ0) is 26.8. The summed E-state index contributed by atoms with van der Waals surface area (Å²) in [5, 5.41) is 3.97. The molecule has 0 saturated heterocycles. The molecule has 0 amide bonds. The molecule has 0 aliphatic heterocycles.